The van der Waals surface area contributed by atoms with Gasteiger partial charge in [-0.1, -0.05) is 49.4 Å². The summed E-state index contributed by atoms with van der Waals surface area (Å²) >= 11 is 0. The van der Waals surface area contributed by atoms with E-state index in [2.05, 4.69) is 66.6 Å². The van der Waals surface area contributed by atoms with Crippen molar-refractivity contribution < 1.29 is 0 Å². The lowest BCUT2D eigenvalue weighted by Crippen LogP contribution is -2.30. The zero-order valence-electron chi connectivity index (χ0n) is 15.7. The van der Waals surface area contributed by atoms with E-state index >= 15 is 0 Å². The number of pyridine rings is 1. The summed E-state index contributed by atoms with van der Waals surface area (Å²) in [5, 5.41) is 2.70. The fraction of sp³-hybridized carbons (Fsp3) is 0.375. The van der Waals surface area contributed by atoms with E-state index in [1.165, 1.54) is 65.6 Å². The molecule has 1 aliphatic heterocycles. The van der Waals surface area contributed by atoms with Crippen LogP contribution in [0, 0.1) is 0 Å². The Morgan fingerprint density at radius 1 is 0.885 bits per heavy atom. The molecule has 1 fully saturated rings. The Balaban J connectivity index is 1.56. The van der Waals surface area contributed by atoms with Gasteiger partial charge >= 0.3 is 0 Å². The molecule has 2 aromatic carbocycles. The fourth-order valence-corrected chi connectivity index (χ4v) is 4.13. The highest BCUT2D eigenvalue weighted by molar-refractivity contribution is 5.85. The van der Waals surface area contributed by atoms with Crippen molar-refractivity contribution in [1.29, 1.82) is 0 Å². The number of hydrogen-bond acceptors (Lipinski definition) is 2. The van der Waals surface area contributed by atoms with E-state index in [-0.39, 0.29) is 0 Å². The third-order valence-electron chi connectivity index (χ3n) is 5.63. The maximum Gasteiger partial charge on any atom is 0.0432 e. The first kappa shape index (κ1) is 17.1. The van der Waals surface area contributed by atoms with Crippen molar-refractivity contribution in [2.75, 3.05) is 18.0 Å². The van der Waals surface area contributed by atoms with Crippen LogP contribution in [0.5, 0.6) is 0 Å². The molecule has 2 nitrogen and oxygen atoms in total. The number of rotatable bonds is 5. The molecule has 1 aromatic heterocycles. The summed E-state index contributed by atoms with van der Waals surface area (Å²) in [7, 11) is 0. The van der Waals surface area contributed by atoms with Crippen molar-refractivity contribution in [3.05, 3.63) is 71.5 Å². The first-order valence-electron chi connectivity index (χ1n) is 10.0. The second-order valence-corrected chi connectivity index (χ2v) is 7.34. The second kappa shape index (κ2) is 7.90. The molecule has 3 aromatic rings. The molecule has 134 valence electrons. The van der Waals surface area contributed by atoms with Crippen LogP contribution in [0.2, 0.25) is 0 Å². The largest absolute Gasteiger partial charge is 0.371 e. The zero-order valence-corrected chi connectivity index (χ0v) is 15.7. The Kier molecular flexibility index (Phi) is 5.19. The molecule has 1 saturated heterocycles. The quantitative estimate of drug-likeness (QED) is 0.601. The number of anilines is 1. The van der Waals surface area contributed by atoms with Gasteiger partial charge in [0, 0.05) is 30.7 Å². The molecule has 0 bridgehead atoms. The van der Waals surface area contributed by atoms with E-state index < -0.39 is 0 Å². The minimum atomic E-state index is 0.999. The van der Waals surface area contributed by atoms with Crippen LogP contribution in [-0.2, 0) is 19.3 Å². The molecule has 0 aliphatic carbocycles. The van der Waals surface area contributed by atoms with Gasteiger partial charge in [0.25, 0.3) is 0 Å². The van der Waals surface area contributed by atoms with Crippen LogP contribution in [0.3, 0.4) is 0 Å². The van der Waals surface area contributed by atoms with Crippen molar-refractivity contribution in [3.63, 3.8) is 0 Å². The lowest BCUT2D eigenvalue weighted by atomic mass is 9.99. The van der Waals surface area contributed by atoms with Crippen molar-refractivity contribution in [2.45, 2.75) is 45.4 Å². The van der Waals surface area contributed by atoms with Gasteiger partial charge in [-0.2, -0.15) is 0 Å². The summed E-state index contributed by atoms with van der Waals surface area (Å²) in [6.07, 6.45) is 9.22. The van der Waals surface area contributed by atoms with Crippen molar-refractivity contribution in [1.82, 2.24) is 4.98 Å². The predicted octanol–water partition coefficient (Wildman–Crippen LogP) is 5.57. The van der Waals surface area contributed by atoms with Crippen LogP contribution in [0.15, 0.2) is 54.7 Å². The van der Waals surface area contributed by atoms with E-state index in [0.717, 1.165) is 19.3 Å². The van der Waals surface area contributed by atoms with E-state index in [0.29, 0.717) is 0 Å². The molecule has 2 heterocycles. The van der Waals surface area contributed by atoms with Crippen molar-refractivity contribution in [3.8, 4) is 0 Å². The first-order chi connectivity index (χ1) is 12.8. The zero-order chi connectivity index (χ0) is 17.8. The Bertz CT molecular complexity index is 873. The van der Waals surface area contributed by atoms with E-state index in [4.69, 9.17) is 4.98 Å². The van der Waals surface area contributed by atoms with Gasteiger partial charge < -0.3 is 4.90 Å². The molecule has 26 heavy (non-hydrogen) atoms. The Morgan fingerprint density at radius 3 is 2.54 bits per heavy atom. The predicted molar refractivity (Wildman–Crippen MR) is 111 cm³/mol. The molecule has 4 rings (SSSR count). The number of hydrogen-bond donors (Lipinski definition) is 0. The number of fused-ring (bicyclic) bond motifs is 1. The summed E-state index contributed by atoms with van der Waals surface area (Å²) in [5.41, 5.74) is 5.45. The van der Waals surface area contributed by atoms with Crippen LogP contribution in [-0.4, -0.2) is 18.1 Å². The van der Waals surface area contributed by atoms with Gasteiger partial charge in [-0.15, -0.1) is 0 Å². The number of benzene rings is 2. The molecule has 0 atom stereocenters. The summed E-state index contributed by atoms with van der Waals surface area (Å²) in [5.74, 6) is 0. The topological polar surface area (TPSA) is 16.1 Å². The lowest BCUT2D eigenvalue weighted by Gasteiger charge is -2.30. The van der Waals surface area contributed by atoms with Gasteiger partial charge in [-0.05, 0) is 66.5 Å². The Morgan fingerprint density at radius 2 is 1.69 bits per heavy atom. The third-order valence-corrected chi connectivity index (χ3v) is 5.63. The normalized spacial score (nSPS) is 14.7. The van der Waals surface area contributed by atoms with Gasteiger partial charge in [0.2, 0.25) is 0 Å². The van der Waals surface area contributed by atoms with Crippen LogP contribution >= 0.6 is 0 Å². The molecule has 2 heteroatoms. The third kappa shape index (κ3) is 3.60. The maximum atomic E-state index is 4.77. The van der Waals surface area contributed by atoms with Crippen molar-refractivity contribution in [2.24, 2.45) is 0 Å². The summed E-state index contributed by atoms with van der Waals surface area (Å²) in [4.78, 5) is 7.35. The van der Waals surface area contributed by atoms with E-state index in [1.807, 2.05) is 0 Å². The number of nitrogens with zero attached hydrogens (tertiary/aromatic N) is 2. The van der Waals surface area contributed by atoms with Crippen LogP contribution in [0.1, 0.15) is 43.0 Å². The minimum Gasteiger partial charge on any atom is -0.371 e. The van der Waals surface area contributed by atoms with Crippen LogP contribution in [0.4, 0.5) is 5.69 Å². The highest BCUT2D eigenvalue weighted by Gasteiger charge is 2.15. The fourth-order valence-electron chi connectivity index (χ4n) is 4.13. The molecule has 0 N–H and O–H groups in total. The van der Waals surface area contributed by atoms with Gasteiger partial charge in [-0.3, -0.25) is 4.98 Å². The molecule has 0 spiro atoms. The number of aryl methyl sites for hydroxylation is 3. The lowest BCUT2D eigenvalue weighted by molar-refractivity contribution is 0.576. The summed E-state index contributed by atoms with van der Waals surface area (Å²) in [6.45, 7) is 4.62. The molecular weight excluding hydrogens is 316 g/mol. The summed E-state index contributed by atoms with van der Waals surface area (Å²) in [6, 6.07) is 17.7. The standard InChI is InChI=1S/C24H28N2/c1-2-19-18-25-22(17-24(19)26-15-6-3-7-16-26)14-13-21-11-8-10-20-9-4-5-12-23(20)21/h4-5,8-12,17-18H,2-3,6-7,13-16H2,1H3. The van der Waals surface area contributed by atoms with Crippen molar-refractivity contribution >= 4 is 16.5 Å². The first-order valence-corrected chi connectivity index (χ1v) is 10.0. The number of aromatic nitrogens is 1. The molecule has 0 amide bonds. The van der Waals surface area contributed by atoms with Gasteiger partial charge in [0.15, 0.2) is 0 Å². The maximum absolute atomic E-state index is 4.77. The van der Waals surface area contributed by atoms with Gasteiger partial charge in [0.05, 0.1) is 0 Å². The molecule has 0 radical (unpaired) electrons. The van der Waals surface area contributed by atoms with E-state index in [9.17, 15) is 0 Å². The Hall–Kier alpha value is -2.35. The van der Waals surface area contributed by atoms with Crippen LogP contribution < -0.4 is 4.90 Å². The highest BCUT2D eigenvalue weighted by Crippen LogP contribution is 2.26. The molecular formula is C24H28N2. The molecule has 1 aliphatic rings. The SMILES string of the molecule is CCc1cnc(CCc2cccc3ccccc23)cc1N1CCCCC1. The molecule has 0 unspecified atom stereocenters. The smallest absolute Gasteiger partial charge is 0.0432 e. The minimum absolute atomic E-state index is 0.999. The Labute approximate surface area is 156 Å². The number of piperidine rings is 1. The monoisotopic (exact) mass is 344 g/mol. The van der Waals surface area contributed by atoms with Crippen LogP contribution in [0.25, 0.3) is 10.8 Å². The average molecular weight is 345 g/mol. The van der Waals surface area contributed by atoms with Gasteiger partial charge in [0.1, 0.15) is 0 Å². The second-order valence-electron chi connectivity index (χ2n) is 7.34. The highest BCUT2D eigenvalue weighted by atomic mass is 15.1. The molecule has 0 saturated carbocycles. The van der Waals surface area contributed by atoms with Gasteiger partial charge in [-0.25, -0.2) is 0 Å². The average Bonchev–Trinajstić information content (AvgIpc) is 2.72. The summed E-state index contributed by atoms with van der Waals surface area (Å²) < 4.78 is 0. The van der Waals surface area contributed by atoms with E-state index in [1.54, 1.807) is 0 Å².